The van der Waals surface area contributed by atoms with Crippen molar-refractivity contribution >= 4 is 35.7 Å². The van der Waals surface area contributed by atoms with Crippen LogP contribution in [0.5, 0.6) is 0 Å². The Morgan fingerprint density at radius 1 is 1.17 bits per heavy atom. The number of carboxylic acids is 1. The number of nitrogens with one attached hydrogen (secondary N) is 1. The van der Waals surface area contributed by atoms with E-state index in [4.69, 9.17) is 5.41 Å². The molecule has 11 nitrogen and oxygen atoms in total. The van der Waals surface area contributed by atoms with Crippen LogP contribution in [0.25, 0.3) is 0 Å². The standard InChI is InChI=1S/C12H18N8O3/c1-17(2)10-14-11(18(3)4)16-12(15-10)20-5-7(21)19(9(20)13)6-8(22)23/h13H,5-6H2,1-4H3,(H,22,23)/p-1. The Labute approximate surface area is 132 Å². The minimum atomic E-state index is -1.44. The third kappa shape index (κ3) is 3.27. The van der Waals surface area contributed by atoms with Crippen molar-refractivity contribution in [2.45, 2.75) is 0 Å². The number of hydrogen-bond donors (Lipinski definition) is 1. The zero-order chi connectivity index (χ0) is 17.3. The Kier molecular flexibility index (Phi) is 4.29. The molecule has 0 aliphatic carbocycles. The van der Waals surface area contributed by atoms with Gasteiger partial charge in [-0.3, -0.25) is 20.0 Å². The number of guanidine groups is 1. The fourth-order valence-electron chi connectivity index (χ4n) is 1.88. The summed E-state index contributed by atoms with van der Waals surface area (Å²) in [6.45, 7) is -0.893. The number of amides is 1. The van der Waals surface area contributed by atoms with Gasteiger partial charge in [0.1, 0.15) is 6.54 Å². The SMILES string of the molecule is CN(C)c1nc(N(C)C)nc(N2CC(=O)N(CC(=O)[O-])C2=N)n1. The molecule has 0 radical (unpaired) electrons. The summed E-state index contributed by atoms with van der Waals surface area (Å²) in [6.07, 6.45) is 0. The number of nitrogens with zero attached hydrogens (tertiary/aromatic N) is 7. The van der Waals surface area contributed by atoms with Crippen molar-refractivity contribution in [2.24, 2.45) is 0 Å². The average molecular weight is 321 g/mol. The first-order chi connectivity index (χ1) is 10.7. The van der Waals surface area contributed by atoms with Crippen LogP contribution in [-0.4, -0.2) is 79.0 Å². The zero-order valence-electron chi connectivity index (χ0n) is 13.3. The molecule has 124 valence electrons. The van der Waals surface area contributed by atoms with Gasteiger partial charge < -0.3 is 19.7 Å². The zero-order valence-corrected chi connectivity index (χ0v) is 13.3. The number of rotatable bonds is 5. The van der Waals surface area contributed by atoms with Gasteiger partial charge in [0, 0.05) is 28.2 Å². The van der Waals surface area contributed by atoms with Gasteiger partial charge >= 0.3 is 0 Å². The van der Waals surface area contributed by atoms with Crippen molar-refractivity contribution in [3.05, 3.63) is 0 Å². The molecule has 1 saturated heterocycles. The molecule has 23 heavy (non-hydrogen) atoms. The normalized spacial score (nSPS) is 14.4. The van der Waals surface area contributed by atoms with Crippen molar-refractivity contribution in [1.29, 1.82) is 5.41 Å². The fraction of sp³-hybridized carbons (Fsp3) is 0.500. The maximum Gasteiger partial charge on any atom is 0.249 e. The Bertz CT molecular complexity index is 633. The maximum atomic E-state index is 11.9. The molecule has 0 aromatic carbocycles. The summed E-state index contributed by atoms with van der Waals surface area (Å²) in [5.74, 6) is -1.46. The van der Waals surface area contributed by atoms with Gasteiger partial charge in [0.25, 0.3) is 0 Å². The molecule has 1 N–H and O–H groups in total. The quantitative estimate of drug-likeness (QED) is 0.616. The second kappa shape index (κ2) is 6.02. The molecule has 1 amide bonds. The van der Waals surface area contributed by atoms with Crippen LogP contribution >= 0.6 is 0 Å². The van der Waals surface area contributed by atoms with Gasteiger partial charge in [0.2, 0.25) is 29.7 Å². The molecular formula is C12H17N8O3-. The number of aliphatic carboxylic acids is 1. The first-order valence-corrected chi connectivity index (χ1v) is 6.67. The largest absolute Gasteiger partial charge is 0.548 e. The van der Waals surface area contributed by atoms with Crippen LogP contribution in [0.3, 0.4) is 0 Å². The van der Waals surface area contributed by atoms with E-state index in [9.17, 15) is 14.7 Å². The predicted octanol–water partition coefficient (Wildman–Crippen LogP) is -2.66. The molecule has 1 fully saturated rings. The van der Waals surface area contributed by atoms with Gasteiger partial charge in [-0.2, -0.15) is 15.0 Å². The van der Waals surface area contributed by atoms with Crippen LogP contribution in [0, 0.1) is 5.41 Å². The fourth-order valence-corrected chi connectivity index (χ4v) is 1.88. The minimum Gasteiger partial charge on any atom is -0.548 e. The van der Waals surface area contributed by atoms with Gasteiger partial charge in [-0.05, 0) is 0 Å². The summed E-state index contributed by atoms with van der Waals surface area (Å²) >= 11 is 0. The Balaban J connectivity index is 2.40. The van der Waals surface area contributed by atoms with E-state index in [1.165, 1.54) is 4.90 Å². The second-order valence-electron chi connectivity index (χ2n) is 5.29. The highest BCUT2D eigenvalue weighted by molar-refractivity contribution is 6.13. The maximum absolute atomic E-state index is 11.9. The molecule has 0 unspecified atom stereocenters. The molecule has 0 spiro atoms. The van der Waals surface area contributed by atoms with Crippen molar-refractivity contribution in [2.75, 3.05) is 56.0 Å². The van der Waals surface area contributed by atoms with E-state index in [0.717, 1.165) is 4.90 Å². The number of anilines is 3. The number of carbonyl (C=O) groups excluding carboxylic acids is 2. The number of hydrogen-bond acceptors (Lipinski definition) is 9. The molecule has 2 heterocycles. The van der Waals surface area contributed by atoms with Gasteiger partial charge in [-0.15, -0.1) is 0 Å². The molecule has 0 atom stereocenters. The monoisotopic (exact) mass is 321 g/mol. The molecule has 1 aliphatic rings. The summed E-state index contributed by atoms with van der Waals surface area (Å²) in [5, 5.41) is 18.7. The van der Waals surface area contributed by atoms with E-state index in [1.807, 2.05) is 0 Å². The smallest absolute Gasteiger partial charge is 0.249 e. The van der Waals surface area contributed by atoms with E-state index >= 15 is 0 Å². The van der Waals surface area contributed by atoms with Crippen LogP contribution in [0.1, 0.15) is 0 Å². The molecule has 1 aromatic rings. The lowest BCUT2D eigenvalue weighted by Gasteiger charge is -2.21. The molecule has 0 saturated carbocycles. The van der Waals surface area contributed by atoms with Gasteiger partial charge in [0.05, 0.1) is 12.5 Å². The third-order valence-electron chi connectivity index (χ3n) is 3.03. The molecule has 11 heteroatoms. The summed E-state index contributed by atoms with van der Waals surface area (Å²) in [5.41, 5.74) is 0. The summed E-state index contributed by atoms with van der Waals surface area (Å²) in [6, 6.07) is 0. The van der Waals surface area contributed by atoms with Crippen LogP contribution in [0.15, 0.2) is 0 Å². The van der Waals surface area contributed by atoms with E-state index < -0.39 is 18.4 Å². The van der Waals surface area contributed by atoms with Crippen LogP contribution < -0.4 is 19.8 Å². The van der Waals surface area contributed by atoms with E-state index in [0.29, 0.717) is 11.9 Å². The summed E-state index contributed by atoms with van der Waals surface area (Å²) in [7, 11) is 7.01. The topological polar surface area (TPSA) is 133 Å². The lowest BCUT2D eigenvalue weighted by molar-refractivity contribution is -0.305. The Morgan fingerprint density at radius 3 is 2.13 bits per heavy atom. The Morgan fingerprint density at radius 2 is 1.70 bits per heavy atom. The van der Waals surface area contributed by atoms with E-state index in [1.54, 1.807) is 38.0 Å². The summed E-state index contributed by atoms with van der Waals surface area (Å²) < 4.78 is 0. The van der Waals surface area contributed by atoms with Crippen molar-refractivity contribution in [3.63, 3.8) is 0 Å². The molecule has 1 aliphatic heterocycles. The highest BCUT2D eigenvalue weighted by atomic mass is 16.4. The van der Waals surface area contributed by atoms with Crippen molar-refractivity contribution < 1.29 is 14.7 Å². The van der Waals surface area contributed by atoms with E-state index in [2.05, 4.69) is 15.0 Å². The second-order valence-corrected chi connectivity index (χ2v) is 5.29. The third-order valence-corrected chi connectivity index (χ3v) is 3.03. The van der Waals surface area contributed by atoms with Gasteiger partial charge in [0.15, 0.2) is 0 Å². The predicted molar refractivity (Wildman–Crippen MR) is 80.3 cm³/mol. The Hall–Kier alpha value is -2.98. The van der Waals surface area contributed by atoms with Crippen molar-refractivity contribution in [3.8, 4) is 0 Å². The summed E-state index contributed by atoms with van der Waals surface area (Å²) in [4.78, 5) is 40.6. The highest BCUT2D eigenvalue weighted by Crippen LogP contribution is 2.20. The first-order valence-electron chi connectivity index (χ1n) is 6.67. The first kappa shape index (κ1) is 16.4. The highest BCUT2D eigenvalue weighted by Gasteiger charge is 2.36. The van der Waals surface area contributed by atoms with Crippen molar-refractivity contribution in [1.82, 2.24) is 19.9 Å². The molecule has 2 rings (SSSR count). The molecule has 0 bridgehead atoms. The lowest BCUT2D eigenvalue weighted by atomic mass is 10.5. The van der Waals surface area contributed by atoms with E-state index in [-0.39, 0.29) is 18.5 Å². The van der Waals surface area contributed by atoms with Crippen LogP contribution in [0.2, 0.25) is 0 Å². The lowest BCUT2D eigenvalue weighted by Crippen LogP contribution is -2.42. The minimum absolute atomic E-state index is 0.103. The van der Waals surface area contributed by atoms with Gasteiger partial charge in [-0.1, -0.05) is 0 Å². The number of carbonyl (C=O) groups is 2. The average Bonchev–Trinajstić information content (AvgIpc) is 2.74. The molecular weight excluding hydrogens is 304 g/mol. The molecule has 1 aromatic heterocycles. The van der Waals surface area contributed by atoms with Gasteiger partial charge in [-0.25, -0.2) is 0 Å². The van der Waals surface area contributed by atoms with Crippen LogP contribution in [-0.2, 0) is 9.59 Å². The number of carboxylic acid groups (broad SMARTS) is 1. The van der Waals surface area contributed by atoms with Crippen LogP contribution in [0.4, 0.5) is 17.8 Å². The number of aromatic nitrogens is 3.